The van der Waals surface area contributed by atoms with Crippen LogP contribution in [0, 0.1) is 12.3 Å². The van der Waals surface area contributed by atoms with E-state index < -0.39 is 0 Å². The number of carbonyl (C=O) groups excluding carboxylic acids is 1. The molecule has 0 saturated heterocycles. The Labute approximate surface area is 146 Å². The molecule has 2 aromatic heterocycles. The summed E-state index contributed by atoms with van der Waals surface area (Å²) in [4.78, 5) is 20.8. The molecule has 0 atom stereocenters. The van der Waals surface area contributed by atoms with Crippen LogP contribution in [0.4, 0.5) is 5.69 Å². The van der Waals surface area contributed by atoms with Crippen LogP contribution in [0.5, 0.6) is 0 Å². The third-order valence-electron chi connectivity index (χ3n) is 3.96. The maximum atomic E-state index is 12.3. The highest BCUT2D eigenvalue weighted by molar-refractivity contribution is 6.10. The first-order valence-electron chi connectivity index (χ1n) is 8.29. The van der Waals surface area contributed by atoms with Crippen LogP contribution >= 0.6 is 0 Å². The average Bonchev–Trinajstić information content (AvgIpc) is 2.61. The van der Waals surface area contributed by atoms with Gasteiger partial charge in [-0.25, -0.2) is 0 Å². The Balaban J connectivity index is 1.95. The molecule has 0 fully saturated rings. The number of fused-ring (bicyclic) bond motifs is 1. The number of pyridine rings is 2. The van der Waals surface area contributed by atoms with Crippen molar-refractivity contribution in [3.05, 3.63) is 65.6 Å². The molecule has 0 aliphatic rings. The lowest BCUT2D eigenvalue weighted by molar-refractivity contribution is 0.102. The summed E-state index contributed by atoms with van der Waals surface area (Å²) in [7, 11) is 0. The minimum atomic E-state index is -0.187. The SMILES string of the molecule is CCCC(=N)c1cc(C)nc2cc(NC(=O)c3ccncc3)ccc12. The minimum absolute atomic E-state index is 0.187. The molecular weight excluding hydrogens is 312 g/mol. The van der Waals surface area contributed by atoms with Gasteiger partial charge >= 0.3 is 0 Å². The highest BCUT2D eigenvalue weighted by Gasteiger charge is 2.11. The number of amides is 1. The van der Waals surface area contributed by atoms with Gasteiger partial charge in [0, 0.05) is 46.0 Å². The van der Waals surface area contributed by atoms with Crippen LogP contribution in [-0.4, -0.2) is 21.6 Å². The van der Waals surface area contributed by atoms with E-state index >= 15 is 0 Å². The van der Waals surface area contributed by atoms with Gasteiger partial charge in [-0.15, -0.1) is 0 Å². The summed E-state index contributed by atoms with van der Waals surface area (Å²) in [6.45, 7) is 3.99. The molecule has 0 bridgehead atoms. The highest BCUT2D eigenvalue weighted by Crippen LogP contribution is 2.24. The lowest BCUT2D eigenvalue weighted by Gasteiger charge is -2.11. The zero-order valence-corrected chi connectivity index (χ0v) is 14.3. The Hall–Kier alpha value is -3.08. The largest absolute Gasteiger partial charge is 0.322 e. The Morgan fingerprint density at radius 3 is 2.64 bits per heavy atom. The fourth-order valence-electron chi connectivity index (χ4n) is 2.78. The van der Waals surface area contributed by atoms with E-state index in [0.717, 1.165) is 35.0 Å². The first-order chi connectivity index (χ1) is 12.1. The summed E-state index contributed by atoms with van der Waals surface area (Å²) < 4.78 is 0. The van der Waals surface area contributed by atoms with Gasteiger partial charge in [0.05, 0.1) is 5.52 Å². The summed E-state index contributed by atoms with van der Waals surface area (Å²) in [5.41, 5.74) is 4.41. The lowest BCUT2D eigenvalue weighted by atomic mass is 10.0. The van der Waals surface area contributed by atoms with Crippen LogP contribution in [0.3, 0.4) is 0 Å². The van der Waals surface area contributed by atoms with Crippen LogP contribution < -0.4 is 5.32 Å². The average molecular weight is 332 g/mol. The Morgan fingerprint density at radius 2 is 1.92 bits per heavy atom. The standard InChI is InChI=1S/C20H20N4O/c1-3-4-18(21)17-11-13(2)23-19-12-15(5-6-16(17)19)24-20(25)14-7-9-22-10-8-14/h5-12,21H,3-4H2,1-2H3,(H,24,25). The van der Waals surface area contributed by atoms with E-state index in [2.05, 4.69) is 22.2 Å². The summed E-state index contributed by atoms with van der Waals surface area (Å²) in [6, 6.07) is 10.9. The quantitative estimate of drug-likeness (QED) is 0.681. The van der Waals surface area contributed by atoms with Crippen molar-refractivity contribution in [2.45, 2.75) is 26.7 Å². The maximum absolute atomic E-state index is 12.3. The van der Waals surface area contributed by atoms with E-state index in [0.29, 0.717) is 17.0 Å². The van der Waals surface area contributed by atoms with Gasteiger partial charge in [-0.3, -0.25) is 14.8 Å². The molecule has 2 N–H and O–H groups in total. The molecule has 0 unspecified atom stereocenters. The molecule has 5 nitrogen and oxygen atoms in total. The number of aryl methyl sites for hydroxylation is 1. The zero-order chi connectivity index (χ0) is 17.8. The predicted octanol–water partition coefficient (Wildman–Crippen LogP) is 4.36. The van der Waals surface area contributed by atoms with Gasteiger partial charge in [0.1, 0.15) is 0 Å². The number of benzene rings is 1. The van der Waals surface area contributed by atoms with Crippen LogP contribution in [0.25, 0.3) is 10.9 Å². The molecule has 1 amide bonds. The van der Waals surface area contributed by atoms with Gasteiger partial charge in [0.25, 0.3) is 5.91 Å². The van der Waals surface area contributed by atoms with Crippen molar-refractivity contribution in [2.75, 3.05) is 5.32 Å². The highest BCUT2D eigenvalue weighted by atomic mass is 16.1. The number of rotatable bonds is 5. The first kappa shape index (κ1) is 16.8. The number of nitrogens with zero attached hydrogens (tertiary/aromatic N) is 2. The first-order valence-corrected chi connectivity index (χ1v) is 8.29. The van der Waals surface area contributed by atoms with Crippen molar-refractivity contribution in [3.8, 4) is 0 Å². The summed E-state index contributed by atoms with van der Waals surface area (Å²) >= 11 is 0. The number of hydrogen-bond acceptors (Lipinski definition) is 4. The zero-order valence-electron chi connectivity index (χ0n) is 14.3. The lowest BCUT2D eigenvalue weighted by Crippen LogP contribution is -2.12. The molecule has 0 spiro atoms. The van der Waals surface area contributed by atoms with Crippen LogP contribution in [0.15, 0.2) is 48.8 Å². The molecule has 0 radical (unpaired) electrons. The molecular formula is C20H20N4O. The second-order valence-electron chi connectivity index (χ2n) is 5.96. The van der Waals surface area contributed by atoms with E-state index in [4.69, 9.17) is 5.41 Å². The number of carbonyl (C=O) groups is 1. The molecule has 2 heterocycles. The summed E-state index contributed by atoms with van der Waals surface area (Å²) in [5.74, 6) is -0.187. The van der Waals surface area contributed by atoms with Gasteiger partial charge in [-0.1, -0.05) is 19.4 Å². The van der Waals surface area contributed by atoms with Crippen molar-refractivity contribution < 1.29 is 4.79 Å². The molecule has 126 valence electrons. The predicted molar refractivity (Wildman–Crippen MR) is 100 cm³/mol. The van der Waals surface area contributed by atoms with Gasteiger partial charge in [0.2, 0.25) is 0 Å². The van der Waals surface area contributed by atoms with Crippen LogP contribution in [-0.2, 0) is 0 Å². The van der Waals surface area contributed by atoms with E-state index in [1.54, 1.807) is 24.5 Å². The second kappa shape index (κ2) is 7.21. The Morgan fingerprint density at radius 1 is 1.16 bits per heavy atom. The number of anilines is 1. The van der Waals surface area contributed by atoms with E-state index in [1.807, 2.05) is 31.2 Å². The molecule has 0 aliphatic heterocycles. The van der Waals surface area contributed by atoms with Crippen molar-refractivity contribution in [3.63, 3.8) is 0 Å². The number of nitrogens with one attached hydrogen (secondary N) is 2. The minimum Gasteiger partial charge on any atom is -0.322 e. The fourth-order valence-corrected chi connectivity index (χ4v) is 2.78. The topological polar surface area (TPSA) is 78.7 Å². The third kappa shape index (κ3) is 3.71. The van der Waals surface area contributed by atoms with Crippen LogP contribution in [0.1, 0.15) is 41.4 Å². The molecule has 3 aromatic rings. The van der Waals surface area contributed by atoms with Crippen LogP contribution in [0.2, 0.25) is 0 Å². The smallest absolute Gasteiger partial charge is 0.255 e. The molecule has 25 heavy (non-hydrogen) atoms. The Kier molecular flexibility index (Phi) is 4.84. The van der Waals surface area contributed by atoms with Crippen molar-refractivity contribution >= 4 is 28.2 Å². The molecule has 5 heteroatoms. The molecule has 0 saturated carbocycles. The summed E-state index contributed by atoms with van der Waals surface area (Å²) in [6.07, 6.45) is 4.85. The van der Waals surface area contributed by atoms with Crippen molar-refractivity contribution in [1.29, 1.82) is 5.41 Å². The van der Waals surface area contributed by atoms with E-state index in [9.17, 15) is 4.79 Å². The summed E-state index contributed by atoms with van der Waals surface area (Å²) in [5, 5.41) is 12.1. The number of aromatic nitrogens is 2. The molecule has 3 rings (SSSR count). The normalized spacial score (nSPS) is 10.6. The molecule has 0 aliphatic carbocycles. The Bertz CT molecular complexity index is 935. The van der Waals surface area contributed by atoms with Crippen molar-refractivity contribution in [2.24, 2.45) is 0 Å². The third-order valence-corrected chi connectivity index (χ3v) is 3.96. The van der Waals surface area contributed by atoms with Crippen molar-refractivity contribution in [1.82, 2.24) is 9.97 Å². The van der Waals surface area contributed by atoms with Gasteiger partial charge < -0.3 is 10.7 Å². The second-order valence-corrected chi connectivity index (χ2v) is 5.96. The van der Waals surface area contributed by atoms with E-state index in [1.165, 1.54) is 0 Å². The van der Waals surface area contributed by atoms with Gasteiger partial charge in [-0.05, 0) is 43.7 Å². The monoisotopic (exact) mass is 332 g/mol. The maximum Gasteiger partial charge on any atom is 0.255 e. The van der Waals surface area contributed by atoms with Gasteiger partial charge in [-0.2, -0.15) is 0 Å². The van der Waals surface area contributed by atoms with E-state index in [-0.39, 0.29) is 5.91 Å². The van der Waals surface area contributed by atoms with Gasteiger partial charge in [0.15, 0.2) is 0 Å². The number of hydrogen-bond donors (Lipinski definition) is 2. The molecule has 1 aromatic carbocycles. The fraction of sp³-hybridized carbons (Fsp3) is 0.200.